The summed E-state index contributed by atoms with van der Waals surface area (Å²) < 4.78 is 14.2. The van der Waals surface area contributed by atoms with Crippen molar-refractivity contribution in [1.29, 1.82) is 0 Å². The summed E-state index contributed by atoms with van der Waals surface area (Å²) >= 11 is 5.28. The fourth-order valence-corrected chi connectivity index (χ4v) is 24.6. The predicted molar refractivity (Wildman–Crippen MR) is 608 cm³/mol. The Morgan fingerprint density at radius 3 is 0.688 bits per heavy atom. The highest BCUT2D eigenvalue weighted by molar-refractivity contribution is 7.27. The average Bonchev–Trinajstić information content (AvgIpc) is 1.51. The van der Waals surface area contributed by atoms with Crippen molar-refractivity contribution >= 4 is 160 Å². The predicted octanol–water partition coefficient (Wildman–Crippen LogP) is 36.2. The second-order valence-electron chi connectivity index (χ2n) is 36.4. The number of hydrogen-bond acceptors (Lipinski definition) is 9. The van der Waals surface area contributed by atoms with Crippen LogP contribution >= 0.6 is 34.0 Å². The summed E-state index contributed by atoms with van der Waals surface area (Å²) in [5, 5.41) is 11.0. The van der Waals surface area contributed by atoms with Crippen LogP contribution < -0.4 is 0 Å². The van der Waals surface area contributed by atoms with E-state index in [1.807, 2.05) is 0 Å². The lowest BCUT2D eigenvalue weighted by atomic mass is 9.96. The van der Waals surface area contributed by atoms with Crippen LogP contribution in [0.15, 0.2) is 504 Å². The van der Waals surface area contributed by atoms with Crippen LogP contribution in [0.1, 0.15) is 0 Å². The number of nitrogens with zero attached hydrogens (tertiary/aromatic N) is 9. The molecule has 0 spiro atoms. The number of fused-ring (bicyclic) bond motifs is 18. The number of benzene rings is 20. The van der Waals surface area contributed by atoms with Gasteiger partial charge in [0.25, 0.3) is 0 Å². The minimum atomic E-state index is 0.965. The Balaban J connectivity index is 0.000000111. The van der Waals surface area contributed by atoms with Crippen LogP contribution in [0.3, 0.4) is 0 Å². The first kappa shape index (κ1) is 84.9. The standard InChI is InChI=1S/C58H37N3S.C40H25N3S.C34H21N3S/c1-3-13-38(14-4-1)40-17-9-19-42(31-40)46-27-29-53-51(35-46)52-36-47(43-20-10-18-41(32-43)39-15-5-2-6-16-39)28-30-54(52)61(53)49-24-12-22-45(34-49)44-21-11-23-48(33-44)56-58-57(60-37-59-56)50-25-7-8-26-55(50)62-58;1-3-10-26(11-4-1)28-18-20-35-33(23-28)34-24-29(19-21-36(34)43(35)31-14-5-2-6-15-31)27-12-9-13-30(22-27)38-40-39(42-25-41-38)32-16-7-8-17-37(32)44-40;1-2-11-25(12-3-1)37-29-15-6-4-13-26(29)28-20-23(17-18-30(28)37)22-9-8-10-24(19-22)32-34-33(36-21-35-32)27-14-5-7-16-31(27)38-34/h1-37H;1-25H;1-21H. The van der Waals surface area contributed by atoms with E-state index in [1.54, 1.807) is 53.0 Å². The molecule has 0 aliphatic heterocycles. The van der Waals surface area contributed by atoms with Gasteiger partial charge in [-0.05, 0) is 241 Å². The van der Waals surface area contributed by atoms with Gasteiger partial charge in [-0.25, -0.2) is 29.9 Å². The Morgan fingerprint density at radius 1 is 0.139 bits per heavy atom. The molecule has 0 aliphatic rings. The van der Waals surface area contributed by atoms with Gasteiger partial charge < -0.3 is 13.7 Å². The van der Waals surface area contributed by atoms with Crippen LogP contribution in [0.2, 0.25) is 0 Å². The Kier molecular flexibility index (Phi) is 21.3. The molecule has 12 heteroatoms. The lowest BCUT2D eigenvalue weighted by molar-refractivity contribution is 1.18. The summed E-state index contributed by atoms with van der Waals surface area (Å²) in [5.74, 6) is 0. The van der Waals surface area contributed by atoms with E-state index in [0.717, 1.165) is 104 Å². The van der Waals surface area contributed by atoms with Crippen LogP contribution in [0.4, 0.5) is 0 Å². The number of hydrogen-bond donors (Lipinski definition) is 0. The van der Waals surface area contributed by atoms with Crippen molar-refractivity contribution in [2.45, 2.75) is 0 Å². The highest BCUT2D eigenvalue weighted by Gasteiger charge is 2.24. The third-order valence-corrected chi connectivity index (χ3v) is 31.4. The minimum absolute atomic E-state index is 0.965. The minimum Gasteiger partial charge on any atom is -0.309 e. The SMILES string of the molecule is c1ccc(-c2ccc3c(c2)c2cc(-c4cccc(-c5ncnc6c5sc5ccccc56)c4)ccc2n3-c2ccccc2)cc1.c1ccc(-c2cccc(-c3ccc4c(c3)c3cc(-c5cccc(-c6ccccc6)c5)ccc3n4-c3cccc(-c4cccc(-c5ncnc6c5sc5ccccc56)c4)c3)c2)cc1.c1ccc(-n2c3ccccc3c3cc(-c4cccc(-c5ncnc6c5sc5ccccc56)c4)ccc32)cc1. The maximum atomic E-state index is 4.83. The molecule has 20 aromatic carbocycles. The molecule has 144 heavy (non-hydrogen) atoms. The fraction of sp³-hybridized carbons (Fsp3) is 0. The van der Waals surface area contributed by atoms with Crippen LogP contribution in [-0.2, 0) is 0 Å². The zero-order chi connectivity index (χ0) is 95.1. The largest absolute Gasteiger partial charge is 0.309 e. The van der Waals surface area contributed by atoms with Gasteiger partial charge in [0.05, 0.1) is 80.8 Å². The lowest BCUT2D eigenvalue weighted by Crippen LogP contribution is -1.94. The molecule has 0 fully saturated rings. The second kappa shape index (κ2) is 36.2. The van der Waals surface area contributed by atoms with E-state index in [2.05, 4.69) is 509 Å². The molecule has 0 N–H and O–H groups in total. The molecule has 0 atom stereocenters. The fourth-order valence-electron chi connectivity index (χ4n) is 21.1. The van der Waals surface area contributed by atoms with E-state index in [-0.39, 0.29) is 0 Å². The molecule has 674 valence electrons. The molecule has 9 aromatic heterocycles. The Morgan fingerprint density at radius 2 is 0.354 bits per heavy atom. The van der Waals surface area contributed by atoms with Crippen molar-refractivity contribution in [2.24, 2.45) is 0 Å². The van der Waals surface area contributed by atoms with E-state index in [1.165, 1.54) is 163 Å². The molecule has 0 aliphatic carbocycles. The maximum absolute atomic E-state index is 4.83. The van der Waals surface area contributed by atoms with E-state index >= 15 is 0 Å². The summed E-state index contributed by atoms with van der Waals surface area (Å²) in [6, 6.07) is 174. The summed E-state index contributed by atoms with van der Waals surface area (Å²) in [6.07, 6.45) is 5.08. The first-order valence-corrected chi connectivity index (χ1v) is 50.8. The molecular formula is C132H83N9S3. The zero-order valence-corrected chi connectivity index (χ0v) is 80.1. The molecule has 29 rings (SSSR count). The Hall–Kier alpha value is -18.3. The van der Waals surface area contributed by atoms with Crippen molar-refractivity contribution in [3.05, 3.63) is 504 Å². The number of thiophene rings is 3. The number of aromatic nitrogens is 9. The van der Waals surface area contributed by atoms with Gasteiger partial charge in [0.15, 0.2) is 0 Å². The summed E-state index contributed by atoms with van der Waals surface area (Å²) in [6.45, 7) is 0. The van der Waals surface area contributed by atoms with Gasteiger partial charge in [-0.1, -0.05) is 334 Å². The Bertz CT molecular complexity index is 9920. The van der Waals surface area contributed by atoms with Crippen molar-refractivity contribution in [3.8, 4) is 140 Å². The van der Waals surface area contributed by atoms with Crippen LogP contribution in [0.5, 0.6) is 0 Å². The van der Waals surface area contributed by atoms with E-state index in [0.29, 0.717) is 0 Å². The zero-order valence-electron chi connectivity index (χ0n) is 77.7. The monoisotopic (exact) mass is 1890 g/mol. The van der Waals surface area contributed by atoms with E-state index in [4.69, 9.17) is 19.9 Å². The topological polar surface area (TPSA) is 92.1 Å². The van der Waals surface area contributed by atoms with Crippen molar-refractivity contribution < 1.29 is 0 Å². The summed E-state index contributed by atoms with van der Waals surface area (Å²) in [4.78, 5) is 28.3. The van der Waals surface area contributed by atoms with Crippen molar-refractivity contribution in [2.75, 3.05) is 0 Å². The van der Waals surface area contributed by atoms with Gasteiger partial charge in [0.1, 0.15) is 19.0 Å². The smallest absolute Gasteiger partial charge is 0.116 e. The molecule has 29 aromatic rings. The first-order valence-electron chi connectivity index (χ1n) is 48.4. The molecule has 0 amide bonds. The normalized spacial score (nSPS) is 11.6. The highest BCUT2D eigenvalue weighted by Crippen LogP contribution is 2.48. The Labute approximate surface area is 841 Å². The van der Waals surface area contributed by atoms with E-state index in [9.17, 15) is 0 Å². The number of rotatable bonds is 14. The summed E-state index contributed by atoms with van der Waals surface area (Å²) in [5.41, 5.74) is 38.9. The molecule has 9 nitrogen and oxygen atoms in total. The van der Waals surface area contributed by atoms with Gasteiger partial charge in [0.2, 0.25) is 0 Å². The van der Waals surface area contributed by atoms with Crippen LogP contribution in [-0.4, -0.2) is 43.6 Å². The van der Waals surface area contributed by atoms with Crippen LogP contribution in [0, 0.1) is 0 Å². The molecule has 0 saturated carbocycles. The molecule has 0 unspecified atom stereocenters. The molecule has 0 bridgehead atoms. The lowest BCUT2D eigenvalue weighted by Gasteiger charge is -2.12. The average molecular weight is 1890 g/mol. The molecule has 0 saturated heterocycles. The van der Waals surface area contributed by atoms with Gasteiger partial charge >= 0.3 is 0 Å². The third-order valence-electron chi connectivity index (χ3n) is 27.9. The molecule has 9 heterocycles. The highest BCUT2D eigenvalue weighted by atomic mass is 32.1. The third kappa shape index (κ3) is 15.3. The van der Waals surface area contributed by atoms with Gasteiger partial charge in [-0.3, -0.25) is 0 Å². The maximum Gasteiger partial charge on any atom is 0.116 e. The van der Waals surface area contributed by atoms with Gasteiger partial charge in [0, 0.05) is 96.3 Å². The van der Waals surface area contributed by atoms with E-state index < -0.39 is 0 Å². The molecular weight excluding hydrogens is 1810 g/mol. The van der Waals surface area contributed by atoms with Crippen LogP contribution in [0.25, 0.3) is 266 Å². The second-order valence-corrected chi connectivity index (χ2v) is 39.6. The summed E-state index contributed by atoms with van der Waals surface area (Å²) in [7, 11) is 0. The number of para-hydroxylation sites is 3. The van der Waals surface area contributed by atoms with Gasteiger partial charge in [-0.2, -0.15) is 0 Å². The van der Waals surface area contributed by atoms with Crippen molar-refractivity contribution in [1.82, 2.24) is 43.6 Å². The first-order chi connectivity index (χ1) is 71.4. The molecule has 0 radical (unpaired) electrons. The van der Waals surface area contributed by atoms with Crippen molar-refractivity contribution in [3.63, 3.8) is 0 Å². The van der Waals surface area contributed by atoms with Gasteiger partial charge in [-0.15, -0.1) is 34.0 Å². The quantitative estimate of drug-likeness (QED) is 0.108.